The number of hydrogen-bond donors (Lipinski definition) is 2. The topological polar surface area (TPSA) is 63.4 Å². The first kappa shape index (κ1) is 15.7. The van der Waals surface area contributed by atoms with Crippen molar-refractivity contribution in [1.29, 1.82) is 0 Å². The Kier molecular flexibility index (Phi) is 4.20. The van der Waals surface area contributed by atoms with E-state index >= 15 is 0 Å². The van der Waals surface area contributed by atoms with Crippen LogP contribution in [0.1, 0.15) is 18.4 Å². The van der Waals surface area contributed by atoms with E-state index in [2.05, 4.69) is 14.8 Å². The Balaban J connectivity index is 1.69. The van der Waals surface area contributed by atoms with Crippen molar-refractivity contribution in [3.8, 4) is 5.75 Å². The van der Waals surface area contributed by atoms with Crippen LogP contribution in [0.2, 0.25) is 0 Å². The van der Waals surface area contributed by atoms with Gasteiger partial charge >= 0.3 is 6.18 Å². The van der Waals surface area contributed by atoms with Gasteiger partial charge in [0.2, 0.25) is 0 Å². The summed E-state index contributed by atoms with van der Waals surface area (Å²) in [6.07, 6.45) is -2.19. The van der Waals surface area contributed by atoms with Crippen molar-refractivity contribution in [1.82, 2.24) is 4.37 Å². The normalized spacial score (nSPS) is 15.0. The van der Waals surface area contributed by atoms with Gasteiger partial charge in [0.15, 0.2) is 11.6 Å². The quantitative estimate of drug-likeness (QED) is 0.827. The van der Waals surface area contributed by atoms with Crippen molar-refractivity contribution in [2.24, 2.45) is 0 Å². The van der Waals surface area contributed by atoms with E-state index in [1.54, 1.807) is 0 Å². The molecule has 0 amide bonds. The second-order valence-electron chi connectivity index (χ2n) is 5.17. The molecule has 3 N–H and O–H groups in total. The monoisotopic (exact) mass is 344 g/mol. The first-order chi connectivity index (χ1) is 10.9. The molecule has 5 nitrogen and oxygen atoms in total. The van der Waals surface area contributed by atoms with Crippen LogP contribution >= 0.6 is 11.5 Å². The number of nitrogen functional groups attached to an aromatic ring is 1. The number of nitrogens with one attached hydrogen (secondary N) is 1. The maximum atomic E-state index is 12.7. The van der Waals surface area contributed by atoms with Crippen molar-refractivity contribution in [2.45, 2.75) is 19.0 Å². The van der Waals surface area contributed by atoms with Gasteiger partial charge in [-0.15, -0.1) is 0 Å². The predicted octanol–water partition coefficient (Wildman–Crippen LogP) is 3.75. The molecule has 0 radical (unpaired) electrons. The summed E-state index contributed by atoms with van der Waals surface area (Å²) in [5.74, 6) is 0.351. The molecule has 0 unspecified atom stereocenters. The van der Waals surface area contributed by atoms with E-state index < -0.39 is 11.7 Å². The lowest BCUT2D eigenvalue weighted by atomic mass is 10.2. The zero-order valence-corrected chi connectivity index (χ0v) is 12.9. The fraction of sp³-hybridized carbons (Fsp3) is 0.357. The molecule has 1 fully saturated rings. The number of nitrogens with two attached hydrogens (primary N) is 1. The number of halogens is 3. The molecule has 0 saturated carbocycles. The summed E-state index contributed by atoms with van der Waals surface area (Å²) in [6, 6.07) is 4.60. The van der Waals surface area contributed by atoms with E-state index in [1.165, 1.54) is 23.7 Å². The highest BCUT2D eigenvalue weighted by molar-refractivity contribution is 7.11. The van der Waals surface area contributed by atoms with Gasteiger partial charge in [0.05, 0.1) is 5.56 Å². The van der Waals surface area contributed by atoms with Crippen LogP contribution < -0.4 is 21.0 Å². The maximum absolute atomic E-state index is 12.7. The summed E-state index contributed by atoms with van der Waals surface area (Å²) >= 11 is 1.24. The van der Waals surface area contributed by atoms with Crippen LogP contribution in [0.25, 0.3) is 0 Å². The third kappa shape index (κ3) is 3.44. The zero-order chi connectivity index (χ0) is 16.4. The lowest BCUT2D eigenvalue weighted by molar-refractivity contribution is -0.137. The first-order valence-electron chi connectivity index (χ1n) is 7.05. The van der Waals surface area contributed by atoms with Gasteiger partial charge in [-0.25, -0.2) is 5.48 Å². The smallest absolute Gasteiger partial charge is 0.393 e. The highest BCUT2D eigenvalue weighted by Crippen LogP contribution is 2.37. The second kappa shape index (κ2) is 6.15. The number of benzene rings is 1. The average molecular weight is 344 g/mol. The Labute approximate surface area is 135 Å². The molecule has 2 heterocycles. The highest BCUT2D eigenvalue weighted by atomic mass is 32.1. The number of anilines is 3. The lowest BCUT2D eigenvalue weighted by Crippen LogP contribution is -2.17. The molecule has 124 valence electrons. The summed E-state index contributed by atoms with van der Waals surface area (Å²) < 4.78 is 42.1. The fourth-order valence-corrected chi connectivity index (χ4v) is 3.16. The first-order valence-corrected chi connectivity index (χ1v) is 7.83. The molecule has 1 aromatic carbocycles. The summed E-state index contributed by atoms with van der Waals surface area (Å²) in [7, 11) is 0. The van der Waals surface area contributed by atoms with Gasteiger partial charge in [-0.05, 0) is 42.6 Å². The molecule has 1 aromatic heterocycles. The molecule has 0 aliphatic carbocycles. The Morgan fingerprint density at radius 2 is 2.00 bits per heavy atom. The lowest BCUT2D eigenvalue weighted by Gasteiger charge is -2.15. The van der Waals surface area contributed by atoms with Gasteiger partial charge in [-0.1, -0.05) is 6.07 Å². The van der Waals surface area contributed by atoms with E-state index in [9.17, 15) is 13.2 Å². The molecule has 1 aliphatic heterocycles. The Hall–Kier alpha value is -2.16. The van der Waals surface area contributed by atoms with Crippen LogP contribution in [0.4, 0.5) is 29.7 Å². The average Bonchev–Trinajstić information content (AvgIpc) is 3.14. The highest BCUT2D eigenvalue weighted by Gasteiger charge is 2.30. The third-order valence-corrected chi connectivity index (χ3v) is 4.45. The van der Waals surface area contributed by atoms with Crippen molar-refractivity contribution >= 4 is 28.0 Å². The van der Waals surface area contributed by atoms with Gasteiger partial charge in [0, 0.05) is 13.1 Å². The predicted molar refractivity (Wildman–Crippen MR) is 83.7 cm³/mol. The van der Waals surface area contributed by atoms with Crippen molar-refractivity contribution < 1.29 is 18.0 Å². The van der Waals surface area contributed by atoms with E-state index in [4.69, 9.17) is 10.6 Å². The Morgan fingerprint density at radius 3 is 2.70 bits per heavy atom. The van der Waals surface area contributed by atoms with Crippen LogP contribution in [0.5, 0.6) is 5.75 Å². The molecule has 0 atom stereocenters. The Bertz CT molecular complexity index is 683. The molecule has 0 spiro atoms. The van der Waals surface area contributed by atoms with E-state index in [0.29, 0.717) is 11.5 Å². The molecule has 3 rings (SSSR count). The molecule has 9 heteroatoms. The molecule has 1 saturated heterocycles. The number of hydrogen-bond acceptors (Lipinski definition) is 6. The second-order valence-corrected chi connectivity index (χ2v) is 5.93. The van der Waals surface area contributed by atoms with E-state index in [1.807, 2.05) is 0 Å². The minimum absolute atomic E-state index is 0.0370. The summed E-state index contributed by atoms with van der Waals surface area (Å²) in [5, 5.41) is 0.859. The maximum Gasteiger partial charge on any atom is 0.416 e. The minimum Gasteiger partial charge on any atom is -0.393 e. The fourth-order valence-electron chi connectivity index (χ4n) is 2.35. The van der Waals surface area contributed by atoms with Gasteiger partial charge in [-0.3, -0.25) is 0 Å². The minimum atomic E-state index is -4.41. The number of alkyl halides is 3. The summed E-state index contributed by atoms with van der Waals surface area (Å²) in [5.41, 5.74) is 8.23. The summed E-state index contributed by atoms with van der Waals surface area (Å²) in [6.45, 7) is 1.86. The van der Waals surface area contributed by atoms with Crippen LogP contribution in [-0.4, -0.2) is 17.5 Å². The molecule has 2 aromatic rings. The standard InChI is InChI=1S/C14H15F3N4OS/c15-14(16,17)9-4-3-5-10(8-9)22-19-12-11(18)13(23-20-12)21-6-1-2-7-21/h3-5,8H,1-2,6-7,18H2,(H,19,20). The van der Waals surface area contributed by atoms with Crippen LogP contribution in [0.3, 0.4) is 0 Å². The molecule has 23 heavy (non-hydrogen) atoms. The van der Waals surface area contributed by atoms with Gasteiger partial charge in [0.1, 0.15) is 10.7 Å². The molecule has 1 aliphatic rings. The SMILES string of the molecule is Nc1c(NOc2cccc(C(F)(F)F)c2)nsc1N1CCCC1. The third-order valence-electron chi connectivity index (χ3n) is 3.53. The van der Waals surface area contributed by atoms with Gasteiger partial charge in [-0.2, -0.15) is 17.5 Å². The zero-order valence-electron chi connectivity index (χ0n) is 12.1. The van der Waals surface area contributed by atoms with Gasteiger partial charge < -0.3 is 15.5 Å². The Morgan fingerprint density at radius 1 is 1.26 bits per heavy atom. The molecule has 0 bridgehead atoms. The number of nitrogens with zero attached hydrogens (tertiary/aromatic N) is 2. The summed E-state index contributed by atoms with van der Waals surface area (Å²) in [4.78, 5) is 7.32. The van der Waals surface area contributed by atoms with Crippen molar-refractivity contribution in [3.05, 3.63) is 29.8 Å². The van der Waals surface area contributed by atoms with Gasteiger partial charge in [0.25, 0.3) is 0 Å². The number of rotatable bonds is 4. The largest absolute Gasteiger partial charge is 0.416 e. The van der Waals surface area contributed by atoms with Crippen LogP contribution in [0, 0.1) is 0 Å². The van der Waals surface area contributed by atoms with Crippen LogP contribution in [0.15, 0.2) is 24.3 Å². The van der Waals surface area contributed by atoms with E-state index in [0.717, 1.165) is 43.1 Å². The van der Waals surface area contributed by atoms with Crippen LogP contribution in [-0.2, 0) is 6.18 Å². The van der Waals surface area contributed by atoms with Crippen molar-refractivity contribution in [3.63, 3.8) is 0 Å². The molecular weight excluding hydrogens is 329 g/mol. The van der Waals surface area contributed by atoms with Crippen molar-refractivity contribution in [2.75, 3.05) is 29.2 Å². The molecular formula is C14H15F3N4OS. The van der Waals surface area contributed by atoms with E-state index in [-0.39, 0.29) is 5.75 Å². The number of aromatic nitrogens is 1.